The molecule has 0 N–H and O–H groups in total. The topological polar surface area (TPSA) is 35.6 Å². The highest BCUT2D eigenvalue weighted by atomic mass is 15.1. The fourth-order valence-corrected chi connectivity index (χ4v) is 5.55. The minimum Gasteiger partial charge on any atom is -0.297 e. The van der Waals surface area contributed by atoms with Gasteiger partial charge in [-0.1, -0.05) is 36.4 Å². The van der Waals surface area contributed by atoms with Gasteiger partial charge in [-0.15, -0.1) is 0 Å². The summed E-state index contributed by atoms with van der Waals surface area (Å²) in [6.45, 7) is 0. The second-order valence-electron chi connectivity index (χ2n) is 8.55. The zero-order chi connectivity index (χ0) is 21.1. The minimum atomic E-state index is 0.943. The Morgan fingerprint density at radius 1 is 0.594 bits per heavy atom. The number of rotatable bonds is 2. The molecule has 0 atom stereocenters. The number of benzene rings is 2. The SMILES string of the molecule is c1ccc(-n2c3c(c4ccc5c(c6ccccc6n5-c5ccccn5)c42)CCCC3)nc1. The minimum absolute atomic E-state index is 0.943. The van der Waals surface area contributed by atoms with E-state index in [0.29, 0.717) is 0 Å². The third-order valence-electron chi connectivity index (χ3n) is 6.83. The van der Waals surface area contributed by atoms with Crippen molar-refractivity contribution in [3.05, 3.63) is 96.4 Å². The van der Waals surface area contributed by atoms with Gasteiger partial charge in [0.25, 0.3) is 0 Å². The van der Waals surface area contributed by atoms with Crippen LogP contribution in [0.3, 0.4) is 0 Å². The first-order valence-corrected chi connectivity index (χ1v) is 11.3. The van der Waals surface area contributed by atoms with E-state index in [1.54, 1.807) is 0 Å². The molecule has 0 bridgehead atoms. The predicted molar refractivity (Wildman–Crippen MR) is 130 cm³/mol. The van der Waals surface area contributed by atoms with Crippen LogP contribution in [0, 0.1) is 0 Å². The fourth-order valence-electron chi connectivity index (χ4n) is 5.55. The summed E-state index contributed by atoms with van der Waals surface area (Å²) in [6, 6.07) is 25.6. The van der Waals surface area contributed by atoms with Crippen LogP contribution in [0.1, 0.15) is 24.1 Å². The van der Waals surface area contributed by atoms with Gasteiger partial charge in [0.1, 0.15) is 11.6 Å². The van der Waals surface area contributed by atoms with E-state index in [1.807, 2.05) is 24.5 Å². The maximum absolute atomic E-state index is 4.78. The van der Waals surface area contributed by atoms with Gasteiger partial charge in [0.2, 0.25) is 0 Å². The van der Waals surface area contributed by atoms with Crippen molar-refractivity contribution < 1.29 is 0 Å². The van der Waals surface area contributed by atoms with Crippen LogP contribution in [0.4, 0.5) is 0 Å². The summed E-state index contributed by atoms with van der Waals surface area (Å²) in [5, 5.41) is 3.90. The van der Waals surface area contributed by atoms with Crippen molar-refractivity contribution in [2.75, 3.05) is 0 Å². The Morgan fingerprint density at radius 2 is 1.31 bits per heavy atom. The van der Waals surface area contributed by atoms with Crippen molar-refractivity contribution >= 4 is 32.7 Å². The number of fused-ring (bicyclic) bond motifs is 7. The van der Waals surface area contributed by atoms with Gasteiger partial charge in [0.15, 0.2) is 0 Å². The molecule has 32 heavy (non-hydrogen) atoms. The molecule has 0 saturated carbocycles. The number of pyridine rings is 2. The molecule has 154 valence electrons. The average molecular weight is 415 g/mol. The normalized spacial score (nSPS) is 13.8. The van der Waals surface area contributed by atoms with Gasteiger partial charge in [0, 0.05) is 34.2 Å². The lowest BCUT2D eigenvalue weighted by Gasteiger charge is -2.15. The highest BCUT2D eigenvalue weighted by Crippen LogP contribution is 2.42. The summed E-state index contributed by atoms with van der Waals surface area (Å²) >= 11 is 0. The van der Waals surface area contributed by atoms with Crippen LogP contribution < -0.4 is 0 Å². The zero-order valence-corrected chi connectivity index (χ0v) is 17.7. The third-order valence-corrected chi connectivity index (χ3v) is 6.83. The number of nitrogens with zero attached hydrogens (tertiary/aromatic N) is 4. The Kier molecular flexibility index (Phi) is 3.76. The van der Waals surface area contributed by atoms with Crippen molar-refractivity contribution in [2.45, 2.75) is 25.7 Å². The van der Waals surface area contributed by atoms with Crippen LogP contribution in [-0.2, 0) is 12.8 Å². The van der Waals surface area contributed by atoms with Gasteiger partial charge < -0.3 is 0 Å². The van der Waals surface area contributed by atoms with E-state index in [1.165, 1.54) is 56.8 Å². The molecule has 0 amide bonds. The molecular weight excluding hydrogens is 392 g/mol. The molecule has 0 fully saturated rings. The van der Waals surface area contributed by atoms with E-state index < -0.39 is 0 Å². The first-order valence-electron chi connectivity index (χ1n) is 11.3. The molecule has 4 heteroatoms. The number of hydrogen-bond donors (Lipinski definition) is 0. The molecular formula is C28H22N4. The molecule has 1 aliphatic carbocycles. The molecule has 0 radical (unpaired) electrons. The number of aromatic nitrogens is 4. The van der Waals surface area contributed by atoms with E-state index in [0.717, 1.165) is 24.5 Å². The monoisotopic (exact) mass is 414 g/mol. The smallest absolute Gasteiger partial charge is 0.137 e. The largest absolute Gasteiger partial charge is 0.297 e. The lowest BCUT2D eigenvalue weighted by molar-refractivity contribution is 0.665. The van der Waals surface area contributed by atoms with Crippen molar-refractivity contribution in [1.82, 2.24) is 19.1 Å². The fraction of sp³-hybridized carbons (Fsp3) is 0.143. The highest BCUT2D eigenvalue weighted by molar-refractivity contribution is 6.21. The Labute approximate surface area is 185 Å². The van der Waals surface area contributed by atoms with E-state index in [4.69, 9.17) is 9.97 Å². The second-order valence-corrected chi connectivity index (χ2v) is 8.55. The van der Waals surface area contributed by atoms with Gasteiger partial charge >= 0.3 is 0 Å². The molecule has 0 spiro atoms. The summed E-state index contributed by atoms with van der Waals surface area (Å²) < 4.78 is 4.72. The number of hydrogen-bond acceptors (Lipinski definition) is 2. The van der Waals surface area contributed by atoms with E-state index in [9.17, 15) is 0 Å². The molecule has 2 aromatic carbocycles. The molecule has 7 rings (SSSR count). The Bertz CT molecular complexity index is 1610. The highest BCUT2D eigenvalue weighted by Gasteiger charge is 2.25. The lowest BCUT2D eigenvalue weighted by Crippen LogP contribution is -2.07. The first kappa shape index (κ1) is 17.7. The summed E-state index contributed by atoms with van der Waals surface area (Å²) in [5.41, 5.74) is 6.56. The quantitative estimate of drug-likeness (QED) is 0.329. The molecule has 1 aliphatic rings. The first-order chi connectivity index (χ1) is 15.9. The maximum atomic E-state index is 4.78. The molecule has 0 unspecified atom stereocenters. The van der Waals surface area contributed by atoms with Crippen LogP contribution in [-0.4, -0.2) is 19.1 Å². The zero-order valence-electron chi connectivity index (χ0n) is 17.7. The van der Waals surface area contributed by atoms with Crippen LogP contribution in [0.25, 0.3) is 44.3 Å². The van der Waals surface area contributed by atoms with E-state index in [2.05, 4.69) is 69.8 Å². The van der Waals surface area contributed by atoms with Crippen molar-refractivity contribution in [2.24, 2.45) is 0 Å². The van der Waals surface area contributed by atoms with Crippen LogP contribution in [0.15, 0.2) is 85.2 Å². The van der Waals surface area contributed by atoms with Gasteiger partial charge in [-0.05, 0) is 67.6 Å². The standard InChI is InChI=1S/C28H22N4/c1-3-11-22-19(9-1)20-15-16-24-27(28(20)32(22)26-14-6-8-18-30-26)21-10-2-4-12-23(21)31(24)25-13-5-7-17-29-25/h2,4-8,10,12-18H,1,3,9,11H2. The predicted octanol–water partition coefficient (Wildman–Crippen LogP) is 6.40. The maximum Gasteiger partial charge on any atom is 0.137 e. The van der Waals surface area contributed by atoms with Gasteiger partial charge in [-0.3, -0.25) is 9.13 Å². The number of para-hydroxylation sites is 1. The average Bonchev–Trinajstić information content (AvgIpc) is 3.38. The van der Waals surface area contributed by atoms with Crippen LogP contribution in [0.2, 0.25) is 0 Å². The van der Waals surface area contributed by atoms with Crippen molar-refractivity contribution in [1.29, 1.82) is 0 Å². The summed E-state index contributed by atoms with van der Waals surface area (Å²) in [7, 11) is 0. The summed E-state index contributed by atoms with van der Waals surface area (Å²) in [5.74, 6) is 1.95. The summed E-state index contributed by atoms with van der Waals surface area (Å²) in [6.07, 6.45) is 8.48. The van der Waals surface area contributed by atoms with Crippen LogP contribution in [0.5, 0.6) is 0 Å². The lowest BCUT2D eigenvalue weighted by atomic mass is 9.95. The molecule has 0 aliphatic heterocycles. The van der Waals surface area contributed by atoms with E-state index in [-0.39, 0.29) is 0 Å². The Hall–Kier alpha value is -3.92. The molecule has 4 aromatic heterocycles. The van der Waals surface area contributed by atoms with Crippen molar-refractivity contribution in [3.63, 3.8) is 0 Å². The van der Waals surface area contributed by atoms with E-state index >= 15 is 0 Å². The van der Waals surface area contributed by atoms with Gasteiger partial charge in [-0.25, -0.2) is 9.97 Å². The van der Waals surface area contributed by atoms with Gasteiger partial charge in [-0.2, -0.15) is 0 Å². The molecule has 0 saturated heterocycles. The summed E-state index contributed by atoms with van der Waals surface area (Å²) in [4.78, 5) is 9.47. The Morgan fingerprint density at radius 3 is 2.09 bits per heavy atom. The molecule has 4 nitrogen and oxygen atoms in total. The molecule has 4 heterocycles. The van der Waals surface area contributed by atoms with Crippen molar-refractivity contribution in [3.8, 4) is 11.6 Å². The molecule has 6 aromatic rings. The van der Waals surface area contributed by atoms with Gasteiger partial charge in [0.05, 0.1) is 16.6 Å². The third kappa shape index (κ3) is 2.38. The van der Waals surface area contributed by atoms with Crippen LogP contribution >= 0.6 is 0 Å². The second kappa shape index (κ2) is 6.79. The Balaban J connectivity index is 1.72. The number of aryl methyl sites for hydroxylation is 1.